The van der Waals surface area contributed by atoms with Crippen LogP contribution in [-0.4, -0.2) is 47.0 Å². The lowest BCUT2D eigenvalue weighted by molar-refractivity contribution is -0.124. The van der Waals surface area contributed by atoms with Gasteiger partial charge in [0.2, 0.25) is 5.91 Å². The van der Waals surface area contributed by atoms with Crippen molar-refractivity contribution >= 4 is 5.91 Å². The van der Waals surface area contributed by atoms with E-state index in [-0.39, 0.29) is 19.1 Å². The molecule has 0 saturated heterocycles. The first-order valence-corrected chi connectivity index (χ1v) is 6.30. The van der Waals surface area contributed by atoms with E-state index in [1.54, 1.807) is 13.8 Å². The Balaban J connectivity index is 2.40. The van der Waals surface area contributed by atoms with Gasteiger partial charge >= 0.3 is 0 Å². The Bertz CT molecular complexity index is 248. The van der Waals surface area contributed by atoms with Crippen molar-refractivity contribution in [2.75, 3.05) is 13.2 Å². The van der Waals surface area contributed by atoms with Gasteiger partial charge in [-0.1, -0.05) is 12.8 Å². The molecular formula is C12H24N2O3. The van der Waals surface area contributed by atoms with Gasteiger partial charge in [0.1, 0.15) is 0 Å². The van der Waals surface area contributed by atoms with Gasteiger partial charge in [-0.2, -0.15) is 0 Å². The molecule has 0 spiro atoms. The fourth-order valence-corrected chi connectivity index (χ4v) is 2.13. The van der Waals surface area contributed by atoms with Crippen LogP contribution in [0.1, 0.15) is 39.5 Å². The minimum Gasteiger partial charge on any atom is -0.394 e. The summed E-state index contributed by atoms with van der Waals surface area (Å²) in [5.74, 6) is -0.0648. The fraction of sp³-hybridized carbons (Fsp3) is 0.917. The maximum atomic E-state index is 11.9. The van der Waals surface area contributed by atoms with Gasteiger partial charge in [-0.15, -0.1) is 0 Å². The van der Waals surface area contributed by atoms with Gasteiger partial charge in [0, 0.05) is 6.04 Å². The molecule has 1 atom stereocenters. The number of rotatable bonds is 6. The molecule has 0 heterocycles. The lowest BCUT2D eigenvalue weighted by atomic mass is 10.0. The highest BCUT2D eigenvalue weighted by atomic mass is 16.3. The van der Waals surface area contributed by atoms with E-state index in [1.807, 2.05) is 0 Å². The average Bonchev–Trinajstić information content (AvgIpc) is 2.81. The largest absolute Gasteiger partial charge is 0.394 e. The van der Waals surface area contributed by atoms with Crippen LogP contribution in [0.25, 0.3) is 0 Å². The van der Waals surface area contributed by atoms with Crippen molar-refractivity contribution in [3.8, 4) is 0 Å². The van der Waals surface area contributed by atoms with E-state index >= 15 is 0 Å². The van der Waals surface area contributed by atoms with Gasteiger partial charge in [-0.05, 0) is 26.7 Å². The molecular weight excluding hydrogens is 220 g/mol. The summed E-state index contributed by atoms with van der Waals surface area (Å²) in [5.41, 5.74) is -0.813. The van der Waals surface area contributed by atoms with E-state index in [0.717, 1.165) is 12.8 Å². The van der Waals surface area contributed by atoms with Crippen LogP contribution in [0.3, 0.4) is 0 Å². The Labute approximate surface area is 103 Å². The summed E-state index contributed by atoms with van der Waals surface area (Å²) in [6.45, 7) is 3.02. The number of carbonyl (C=O) groups is 1. The predicted octanol–water partition coefficient (Wildman–Crippen LogP) is -0.233. The van der Waals surface area contributed by atoms with E-state index in [2.05, 4.69) is 10.6 Å². The quantitative estimate of drug-likeness (QED) is 0.520. The van der Waals surface area contributed by atoms with Crippen LogP contribution in [0.4, 0.5) is 0 Å². The molecule has 1 amide bonds. The molecule has 100 valence electrons. The minimum absolute atomic E-state index is 0.0648. The molecule has 5 nitrogen and oxygen atoms in total. The summed E-state index contributed by atoms with van der Waals surface area (Å²) in [6.07, 6.45) is 4.46. The fourth-order valence-electron chi connectivity index (χ4n) is 2.13. The Morgan fingerprint density at radius 2 is 1.88 bits per heavy atom. The molecule has 1 saturated carbocycles. The third-order valence-electron chi connectivity index (χ3n) is 3.36. The van der Waals surface area contributed by atoms with Crippen molar-refractivity contribution in [1.29, 1.82) is 0 Å². The summed E-state index contributed by atoms with van der Waals surface area (Å²) >= 11 is 0. The lowest BCUT2D eigenvalue weighted by Crippen LogP contribution is -2.57. The Morgan fingerprint density at radius 3 is 2.35 bits per heavy atom. The number of aliphatic hydroxyl groups is 2. The van der Waals surface area contributed by atoms with Crippen LogP contribution in [0, 0.1) is 0 Å². The second-order valence-electron chi connectivity index (χ2n) is 5.23. The number of hydrogen-bond donors (Lipinski definition) is 4. The molecule has 1 aliphatic rings. The monoisotopic (exact) mass is 244 g/mol. The van der Waals surface area contributed by atoms with Crippen molar-refractivity contribution < 1.29 is 15.0 Å². The standard InChI is InChI=1S/C12H24N2O3/c1-9(14-12(2,7-15)8-16)11(17)13-10-5-3-4-6-10/h9-10,14-16H,3-8H2,1-2H3,(H,13,17). The highest BCUT2D eigenvalue weighted by Gasteiger charge is 2.28. The Kier molecular flexibility index (Phi) is 5.36. The Hall–Kier alpha value is -0.650. The normalized spacial score (nSPS) is 19.3. The molecule has 1 rings (SSSR count). The number of amides is 1. The third kappa shape index (κ3) is 4.26. The first kappa shape index (κ1) is 14.4. The highest BCUT2D eigenvalue weighted by Crippen LogP contribution is 2.17. The number of hydrogen-bond acceptors (Lipinski definition) is 4. The second-order valence-corrected chi connectivity index (χ2v) is 5.23. The Morgan fingerprint density at radius 1 is 1.35 bits per heavy atom. The smallest absolute Gasteiger partial charge is 0.237 e. The van der Waals surface area contributed by atoms with E-state index in [1.165, 1.54) is 12.8 Å². The topological polar surface area (TPSA) is 81.6 Å². The molecule has 0 aliphatic heterocycles. The summed E-state index contributed by atoms with van der Waals surface area (Å²) in [5, 5.41) is 24.2. The van der Waals surface area contributed by atoms with Crippen LogP contribution in [0.2, 0.25) is 0 Å². The van der Waals surface area contributed by atoms with Crippen LogP contribution < -0.4 is 10.6 Å². The molecule has 1 aliphatic carbocycles. The first-order valence-electron chi connectivity index (χ1n) is 6.30. The number of aliphatic hydroxyl groups excluding tert-OH is 2. The van der Waals surface area contributed by atoms with Gasteiger partial charge in [0.05, 0.1) is 24.8 Å². The molecule has 4 N–H and O–H groups in total. The average molecular weight is 244 g/mol. The number of carbonyl (C=O) groups excluding carboxylic acids is 1. The van der Waals surface area contributed by atoms with Gasteiger partial charge in [0.15, 0.2) is 0 Å². The van der Waals surface area contributed by atoms with Crippen molar-refractivity contribution in [3.63, 3.8) is 0 Å². The maximum absolute atomic E-state index is 11.9. The molecule has 1 unspecified atom stereocenters. The summed E-state index contributed by atoms with van der Waals surface area (Å²) < 4.78 is 0. The summed E-state index contributed by atoms with van der Waals surface area (Å²) in [6, 6.07) is -0.124. The zero-order chi connectivity index (χ0) is 12.9. The molecule has 1 fully saturated rings. The third-order valence-corrected chi connectivity index (χ3v) is 3.36. The highest BCUT2D eigenvalue weighted by molar-refractivity contribution is 5.81. The second kappa shape index (κ2) is 6.33. The van der Waals surface area contributed by atoms with E-state index in [0.29, 0.717) is 6.04 Å². The minimum atomic E-state index is -0.813. The molecule has 0 bridgehead atoms. The van der Waals surface area contributed by atoms with Crippen LogP contribution in [-0.2, 0) is 4.79 Å². The van der Waals surface area contributed by atoms with Crippen LogP contribution >= 0.6 is 0 Å². The molecule has 0 aromatic rings. The van der Waals surface area contributed by atoms with Crippen LogP contribution in [0.5, 0.6) is 0 Å². The molecule has 5 heteroatoms. The zero-order valence-electron chi connectivity index (χ0n) is 10.7. The molecule has 17 heavy (non-hydrogen) atoms. The van der Waals surface area contributed by atoms with Crippen molar-refractivity contribution in [2.45, 2.75) is 57.2 Å². The van der Waals surface area contributed by atoms with Gasteiger partial charge in [-0.25, -0.2) is 0 Å². The van der Waals surface area contributed by atoms with Gasteiger partial charge in [0.25, 0.3) is 0 Å². The predicted molar refractivity (Wildman–Crippen MR) is 65.6 cm³/mol. The van der Waals surface area contributed by atoms with E-state index in [9.17, 15) is 4.79 Å². The van der Waals surface area contributed by atoms with Crippen molar-refractivity contribution in [2.24, 2.45) is 0 Å². The molecule has 0 aromatic heterocycles. The van der Waals surface area contributed by atoms with Crippen molar-refractivity contribution in [1.82, 2.24) is 10.6 Å². The molecule has 0 aromatic carbocycles. The van der Waals surface area contributed by atoms with Crippen molar-refractivity contribution in [3.05, 3.63) is 0 Å². The van der Waals surface area contributed by atoms with Gasteiger partial charge in [-0.3, -0.25) is 10.1 Å². The van der Waals surface area contributed by atoms with E-state index < -0.39 is 11.6 Å². The molecule has 0 radical (unpaired) electrons. The summed E-state index contributed by atoms with van der Waals surface area (Å²) in [4.78, 5) is 11.9. The SMILES string of the molecule is CC(NC(C)(CO)CO)C(=O)NC1CCCC1. The summed E-state index contributed by atoms with van der Waals surface area (Å²) in [7, 11) is 0. The first-order chi connectivity index (χ1) is 8.00. The van der Waals surface area contributed by atoms with Gasteiger partial charge < -0.3 is 15.5 Å². The van der Waals surface area contributed by atoms with Crippen LogP contribution in [0.15, 0.2) is 0 Å². The lowest BCUT2D eigenvalue weighted by Gasteiger charge is -2.30. The zero-order valence-corrected chi connectivity index (χ0v) is 10.7. The maximum Gasteiger partial charge on any atom is 0.237 e. The number of nitrogens with one attached hydrogen (secondary N) is 2. The van der Waals surface area contributed by atoms with E-state index in [4.69, 9.17) is 10.2 Å².